The van der Waals surface area contributed by atoms with Gasteiger partial charge in [0.25, 0.3) is 5.91 Å². The molecule has 0 spiro atoms. The summed E-state index contributed by atoms with van der Waals surface area (Å²) in [5.41, 5.74) is -0.428. The minimum absolute atomic E-state index is 0.214. The standard InChI is InChI=1S/C19H24N2O5/c1-21(19(13-20)9-5-4-6-10-19)17(22)12-26-15-8-7-14(18(23)25-3)11-16(15)24-2/h7-8,11H,4-6,9-10,12H2,1-3H3. The van der Waals surface area contributed by atoms with E-state index in [1.807, 2.05) is 0 Å². The maximum absolute atomic E-state index is 12.5. The molecule has 7 nitrogen and oxygen atoms in total. The van der Waals surface area contributed by atoms with Crippen molar-refractivity contribution in [2.24, 2.45) is 0 Å². The number of hydrogen-bond donors (Lipinski definition) is 0. The average Bonchev–Trinajstić information content (AvgIpc) is 2.71. The molecule has 1 aromatic rings. The van der Waals surface area contributed by atoms with Crippen LogP contribution in [0.4, 0.5) is 0 Å². The molecular weight excluding hydrogens is 336 g/mol. The van der Waals surface area contributed by atoms with Gasteiger partial charge in [-0.05, 0) is 31.0 Å². The van der Waals surface area contributed by atoms with Gasteiger partial charge in [0.05, 0.1) is 25.9 Å². The lowest BCUT2D eigenvalue weighted by Gasteiger charge is -2.38. The summed E-state index contributed by atoms with van der Waals surface area (Å²) in [5, 5.41) is 9.59. The van der Waals surface area contributed by atoms with Crippen LogP contribution in [0.1, 0.15) is 42.5 Å². The topological polar surface area (TPSA) is 88.9 Å². The molecule has 1 saturated carbocycles. The minimum Gasteiger partial charge on any atom is -0.493 e. The van der Waals surface area contributed by atoms with E-state index < -0.39 is 11.5 Å². The second-order valence-corrected chi connectivity index (χ2v) is 6.30. The molecule has 2 rings (SSSR count). The van der Waals surface area contributed by atoms with Crippen LogP contribution in [0.5, 0.6) is 11.5 Å². The molecule has 0 N–H and O–H groups in total. The monoisotopic (exact) mass is 360 g/mol. The zero-order chi connectivity index (χ0) is 19.2. The van der Waals surface area contributed by atoms with E-state index in [-0.39, 0.29) is 12.5 Å². The van der Waals surface area contributed by atoms with Gasteiger partial charge in [0.2, 0.25) is 0 Å². The van der Waals surface area contributed by atoms with Crippen molar-refractivity contribution in [3.8, 4) is 17.6 Å². The summed E-state index contributed by atoms with van der Waals surface area (Å²) in [6.07, 6.45) is 4.33. The zero-order valence-electron chi connectivity index (χ0n) is 15.4. The normalized spacial score (nSPS) is 15.5. The number of esters is 1. The lowest BCUT2D eigenvalue weighted by Crippen LogP contribution is -2.51. The highest BCUT2D eigenvalue weighted by atomic mass is 16.5. The number of carbonyl (C=O) groups excluding carboxylic acids is 2. The Labute approximate surface area is 153 Å². The second-order valence-electron chi connectivity index (χ2n) is 6.30. The Balaban J connectivity index is 2.06. The molecule has 0 heterocycles. The van der Waals surface area contributed by atoms with Gasteiger partial charge in [-0.25, -0.2) is 4.79 Å². The van der Waals surface area contributed by atoms with Gasteiger partial charge < -0.3 is 19.1 Å². The fourth-order valence-corrected chi connectivity index (χ4v) is 3.17. The van der Waals surface area contributed by atoms with Crippen LogP contribution in [-0.4, -0.2) is 50.2 Å². The Morgan fingerprint density at radius 1 is 1.19 bits per heavy atom. The SMILES string of the molecule is COC(=O)c1ccc(OCC(=O)N(C)C2(C#N)CCCCC2)c(OC)c1. The number of likely N-dealkylation sites (N-methyl/N-ethyl adjacent to an activating group) is 1. The van der Waals surface area contributed by atoms with Crippen LogP contribution in [0, 0.1) is 11.3 Å². The van der Waals surface area contributed by atoms with Gasteiger partial charge in [-0.1, -0.05) is 19.3 Å². The maximum atomic E-state index is 12.5. The van der Waals surface area contributed by atoms with Gasteiger partial charge in [0, 0.05) is 7.05 Å². The van der Waals surface area contributed by atoms with Gasteiger partial charge in [0.15, 0.2) is 18.1 Å². The molecule has 1 aliphatic carbocycles. The van der Waals surface area contributed by atoms with Crippen LogP contribution in [0.2, 0.25) is 0 Å². The number of rotatable bonds is 6. The summed E-state index contributed by atoms with van der Waals surface area (Å²) in [7, 11) is 4.39. The first-order valence-electron chi connectivity index (χ1n) is 8.54. The predicted molar refractivity (Wildman–Crippen MR) is 94.0 cm³/mol. The molecule has 1 amide bonds. The number of nitriles is 1. The Morgan fingerprint density at radius 2 is 1.88 bits per heavy atom. The Hall–Kier alpha value is -2.75. The quantitative estimate of drug-likeness (QED) is 0.724. The molecule has 7 heteroatoms. The highest BCUT2D eigenvalue weighted by molar-refractivity contribution is 5.90. The zero-order valence-corrected chi connectivity index (χ0v) is 15.4. The van der Waals surface area contributed by atoms with Crippen LogP contribution in [-0.2, 0) is 9.53 Å². The third kappa shape index (κ3) is 4.07. The lowest BCUT2D eigenvalue weighted by atomic mass is 9.81. The van der Waals surface area contributed by atoms with E-state index in [0.29, 0.717) is 29.9 Å². The Morgan fingerprint density at radius 3 is 2.46 bits per heavy atom. The molecule has 0 atom stereocenters. The molecular formula is C19H24N2O5. The van der Waals surface area contributed by atoms with Crippen molar-refractivity contribution in [3.63, 3.8) is 0 Å². The highest BCUT2D eigenvalue weighted by Crippen LogP contribution is 2.33. The van der Waals surface area contributed by atoms with Gasteiger partial charge >= 0.3 is 5.97 Å². The molecule has 0 unspecified atom stereocenters. The van der Waals surface area contributed by atoms with E-state index in [1.54, 1.807) is 13.1 Å². The number of amides is 1. The fourth-order valence-electron chi connectivity index (χ4n) is 3.17. The fraction of sp³-hybridized carbons (Fsp3) is 0.526. The number of methoxy groups -OCH3 is 2. The third-order valence-electron chi connectivity index (χ3n) is 4.84. The summed E-state index contributed by atoms with van der Waals surface area (Å²) in [4.78, 5) is 25.6. The van der Waals surface area contributed by atoms with Crippen molar-refractivity contribution in [1.82, 2.24) is 4.90 Å². The van der Waals surface area contributed by atoms with Gasteiger partial charge in [-0.2, -0.15) is 5.26 Å². The Bertz CT molecular complexity index is 704. The molecule has 0 aliphatic heterocycles. The summed E-state index contributed by atoms with van der Waals surface area (Å²) in [6.45, 7) is -0.214. The molecule has 1 aliphatic rings. The maximum Gasteiger partial charge on any atom is 0.337 e. The van der Waals surface area contributed by atoms with Crippen LogP contribution in [0.15, 0.2) is 18.2 Å². The van der Waals surface area contributed by atoms with Crippen LogP contribution >= 0.6 is 0 Å². The number of carbonyl (C=O) groups is 2. The van der Waals surface area contributed by atoms with Gasteiger partial charge in [0.1, 0.15) is 5.54 Å². The molecule has 1 fully saturated rings. The number of benzene rings is 1. The smallest absolute Gasteiger partial charge is 0.337 e. The first-order chi connectivity index (χ1) is 12.5. The first-order valence-corrected chi connectivity index (χ1v) is 8.54. The second kappa shape index (κ2) is 8.56. The van der Waals surface area contributed by atoms with Crippen molar-refractivity contribution >= 4 is 11.9 Å². The summed E-state index contributed by atoms with van der Waals surface area (Å²) >= 11 is 0. The van der Waals surface area contributed by atoms with E-state index in [0.717, 1.165) is 19.3 Å². The van der Waals surface area contributed by atoms with Crippen molar-refractivity contribution in [3.05, 3.63) is 23.8 Å². The van der Waals surface area contributed by atoms with Crippen molar-refractivity contribution < 1.29 is 23.8 Å². The average molecular weight is 360 g/mol. The van der Waals surface area contributed by atoms with E-state index in [1.165, 1.54) is 31.3 Å². The summed E-state index contributed by atoms with van der Waals surface area (Å²) in [5.74, 6) is -0.0842. The molecule has 26 heavy (non-hydrogen) atoms. The molecule has 0 bridgehead atoms. The van der Waals surface area contributed by atoms with E-state index in [9.17, 15) is 14.9 Å². The van der Waals surface area contributed by atoms with E-state index >= 15 is 0 Å². The largest absolute Gasteiger partial charge is 0.493 e. The minimum atomic E-state index is -0.752. The van der Waals surface area contributed by atoms with Gasteiger partial charge in [-0.3, -0.25) is 4.79 Å². The van der Waals surface area contributed by atoms with Crippen LogP contribution in [0.25, 0.3) is 0 Å². The predicted octanol–water partition coefficient (Wildman–Crippen LogP) is 2.55. The summed E-state index contributed by atoms with van der Waals surface area (Å²) < 4.78 is 15.5. The number of ether oxygens (including phenoxy) is 3. The third-order valence-corrected chi connectivity index (χ3v) is 4.84. The van der Waals surface area contributed by atoms with Crippen molar-refractivity contribution in [2.75, 3.05) is 27.9 Å². The van der Waals surface area contributed by atoms with Crippen LogP contribution in [0.3, 0.4) is 0 Å². The van der Waals surface area contributed by atoms with Crippen molar-refractivity contribution in [1.29, 1.82) is 5.26 Å². The molecule has 1 aromatic carbocycles. The first kappa shape index (κ1) is 19.6. The molecule has 0 aromatic heterocycles. The molecule has 140 valence electrons. The summed E-state index contributed by atoms with van der Waals surface area (Å²) in [6, 6.07) is 6.90. The molecule has 0 saturated heterocycles. The van der Waals surface area contributed by atoms with E-state index in [2.05, 4.69) is 10.8 Å². The Kier molecular flexibility index (Phi) is 6.45. The number of nitrogens with zero attached hydrogens (tertiary/aromatic N) is 2. The molecule has 0 radical (unpaired) electrons. The number of hydrogen-bond acceptors (Lipinski definition) is 6. The van der Waals surface area contributed by atoms with Crippen molar-refractivity contribution in [2.45, 2.75) is 37.6 Å². The van der Waals surface area contributed by atoms with E-state index in [4.69, 9.17) is 9.47 Å². The van der Waals surface area contributed by atoms with Crippen LogP contribution < -0.4 is 9.47 Å². The van der Waals surface area contributed by atoms with Gasteiger partial charge in [-0.15, -0.1) is 0 Å². The lowest BCUT2D eigenvalue weighted by molar-refractivity contribution is -0.137. The highest BCUT2D eigenvalue weighted by Gasteiger charge is 2.38.